The molecular formula is C59H72N18O14. The van der Waals surface area contributed by atoms with Crippen LogP contribution in [-0.2, 0) is 83.2 Å². The van der Waals surface area contributed by atoms with E-state index in [1.807, 2.05) is 0 Å². The third kappa shape index (κ3) is 17.8. The molecule has 6 aromatic rings. The highest BCUT2D eigenvalue weighted by atomic mass is 16.4. The van der Waals surface area contributed by atoms with Gasteiger partial charge in [-0.05, 0) is 49.1 Å². The number of hydrogen-bond acceptors (Lipinski definition) is 17. The molecule has 482 valence electrons. The predicted octanol–water partition coefficient (Wildman–Crippen LogP) is -4.34. The molecular weight excluding hydrogens is 1180 g/mol. The first-order valence-electron chi connectivity index (χ1n) is 29.3. The second-order valence-corrected chi connectivity index (χ2v) is 21.8. The number of aromatic nitrogens is 6. The number of H-pyrrole nitrogens is 4. The Morgan fingerprint density at radius 2 is 1.11 bits per heavy atom. The standard InChI is InChI=1S/C59H72N18O14/c60-15-6-5-12-39(59(91)77-17-7-13-46(77)57(89)67-27-48(61)80)70-51(83)40(18-31-23-65-37-10-3-1-8-35(31)37)72-55(87)44(22-49(81)82)74-53(85)42(20-33-25-62-29-68-33)73-56(88)45(28-78)76-52(84)41(19-32-24-66-38-11-4-2-9-36(32)38)71-54(86)43(21-34-26-63-30-69-34)75-58(90)50-47(79)14-16-64-50/h1-4,7-11,13,23-26,29-30,39-46,50,64-66,78H,5-6,12,14-22,27-28,60H2,(H2,61,80)(H,62,68)(H,63,69)(H,67,89)(H,70,83)(H,71,86)(H,72,87)(H,73,88)(H,74,85)(H,75,90)(H,76,84)(H,81,82)/t39-,40-,41-,42-,43-,44-,45-,46-,50+/m0/s1. The molecule has 19 N–H and O–H groups in total. The zero-order chi connectivity index (χ0) is 65.1. The molecule has 0 unspecified atom stereocenters. The average Bonchev–Trinajstić information content (AvgIpc) is 1.95. The number of primary amides is 1. The largest absolute Gasteiger partial charge is 0.481 e. The summed E-state index contributed by atoms with van der Waals surface area (Å²) in [4.78, 5) is 185. The summed E-state index contributed by atoms with van der Waals surface area (Å²) in [7, 11) is 0. The molecule has 0 bridgehead atoms. The molecule has 2 aliphatic heterocycles. The lowest BCUT2D eigenvalue weighted by molar-refractivity contribution is -0.142. The highest BCUT2D eigenvalue weighted by Gasteiger charge is 2.40. The third-order valence-electron chi connectivity index (χ3n) is 15.3. The SMILES string of the molecule is NCCCC[C@H](NC(=O)[C@H](Cc1c[nH]c2ccccc12)NC(=O)[C@H](CC(=O)O)NC(=O)[C@H](Cc1cnc[nH]1)NC(=O)[C@H](CO)NC(=O)[C@H](Cc1c[nH]c2ccccc12)NC(=O)[C@H](Cc1cnc[nH]1)NC(=O)[C@@H]1NCCC1=O)C(=O)N1CC=C[C@H]1C(=O)NCC(N)=O. The number of hydrogen-bond donors (Lipinski definition) is 17. The molecule has 2 aliphatic rings. The van der Waals surface area contributed by atoms with Crippen LogP contribution in [0.3, 0.4) is 0 Å². The molecule has 32 heteroatoms. The minimum absolute atomic E-state index is 0.0176. The number of unbranched alkanes of at least 4 members (excludes halogenated alkanes) is 1. The van der Waals surface area contributed by atoms with Gasteiger partial charge in [-0.2, -0.15) is 0 Å². The molecule has 32 nitrogen and oxygen atoms in total. The Kier molecular flexibility index (Phi) is 23.0. The van der Waals surface area contributed by atoms with Gasteiger partial charge >= 0.3 is 5.97 Å². The molecule has 4 aromatic heterocycles. The van der Waals surface area contributed by atoms with E-state index in [4.69, 9.17) is 11.5 Å². The predicted molar refractivity (Wildman–Crippen MR) is 323 cm³/mol. The van der Waals surface area contributed by atoms with Crippen molar-refractivity contribution in [2.24, 2.45) is 11.5 Å². The van der Waals surface area contributed by atoms with Crippen molar-refractivity contribution < 1.29 is 67.7 Å². The number of rotatable bonds is 33. The van der Waals surface area contributed by atoms with E-state index in [2.05, 4.69) is 77.8 Å². The number of nitrogens with zero attached hydrogens (tertiary/aromatic N) is 3. The van der Waals surface area contributed by atoms with Crippen molar-refractivity contribution in [2.75, 3.05) is 32.8 Å². The number of carboxylic acids is 1. The molecule has 2 aromatic carbocycles. The first-order chi connectivity index (χ1) is 43.8. The summed E-state index contributed by atoms with van der Waals surface area (Å²) in [5.74, 6) is -11.3. The number of nitrogens with two attached hydrogens (primary N) is 2. The molecule has 0 saturated carbocycles. The molecule has 0 spiro atoms. The number of nitrogens with one attached hydrogen (secondary N) is 13. The Bertz CT molecular complexity index is 3640. The van der Waals surface area contributed by atoms with Crippen molar-refractivity contribution in [2.45, 2.75) is 112 Å². The molecule has 10 amide bonds. The van der Waals surface area contributed by atoms with Gasteiger partial charge in [0.15, 0.2) is 5.78 Å². The van der Waals surface area contributed by atoms with Gasteiger partial charge in [0.1, 0.15) is 54.4 Å². The first-order valence-corrected chi connectivity index (χ1v) is 29.3. The van der Waals surface area contributed by atoms with Crippen molar-refractivity contribution in [3.8, 4) is 0 Å². The number of aliphatic carboxylic acids is 1. The van der Waals surface area contributed by atoms with Gasteiger partial charge in [-0.3, -0.25) is 62.9 Å². The number of aromatic amines is 4. The second kappa shape index (κ2) is 31.5. The average molecular weight is 1260 g/mol. The van der Waals surface area contributed by atoms with Gasteiger partial charge in [0.2, 0.25) is 59.1 Å². The summed E-state index contributed by atoms with van der Waals surface area (Å²) in [5.41, 5.74) is 14.0. The van der Waals surface area contributed by atoms with Gasteiger partial charge < -0.3 is 89.1 Å². The number of carboxylic acid groups (broad SMARTS) is 1. The number of amides is 10. The summed E-state index contributed by atoms with van der Waals surface area (Å²) in [6.45, 7) is -1.16. The van der Waals surface area contributed by atoms with Gasteiger partial charge in [0.25, 0.3) is 0 Å². The number of ketones is 1. The topological polar surface area (TPSA) is 498 Å². The second-order valence-electron chi connectivity index (χ2n) is 21.8. The summed E-state index contributed by atoms with van der Waals surface area (Å²) < 4.78 is 0. The molecule has 91 heavy (non-hydrogen) atoms. The van der Waals surface area contributed by atoms with Crippen molar-refractivity contribution in [3.05, 3.63) is 121 Å². The first kappa shape index (κ1) is 66.4. The lowest BCUT2D eigenvalue weighted by Crippen LogP contribution is -2.62. The minimum Gasteiger partial charge on any atom is -0.481 e. The molecule has 9 atom stereocenters. The molecule has 8 rings (SSSR count). The maximum Gasteiger partial charge on any atom is 0.305 e. The zero-order valence-corrected chi connectivity index (χ0v) is 49.1. The number of para-hydroxylation sites is 2. The van der Waals surface area contributed by atoms with Gasteiger partial charge in [-0.15, -0.1) is 0 Å². The Morgan fingerprint density at radius 3 is 1.60 bits per heavy atom. The number of aliphatic hydroxyl groups is 1. The van der Waals surface area contributed by atoms with Crippen LogP contribution in [0.15, 0.2) is 98.1 Å². The van der Waals surface area contributed by atoms with Crippen LogP contribution in [0.25, 0.3) is 21.8 Å². The lowest BCUT2D eigenvalue weighted by atomic mass is 10.0. The van der Waals surface area contributed by atoms with Gasteiger partial charge in [-0.25, -0.2) is 9.97 Å². The summed E-state index contributed by atoms with van der Waals surface area (Å²) in [6, 6.07) is 0.313. The van der Waals surface area contributed by atoms with E-state index in [-0.39, 0.29) is 63.2 Å². The fraction of sp³-hybridized carbons (Fsp3) is 0.390. The van der Waals surface area contributed by atoms with E-state index < -0.39 is 145 Å². The monoisotopic (exact) mass is 1260 g/mol. The smallest absolute Gasteiger partial charge is 0.305 e. The number of fused-ring (bicyclic) bond motifs is 2. The molecule has 6 heterocycles. The van der Waals surface area contributed by atoms with E-state index in [0.717, 1.165) is 0 Å². The Labute approximate surface area is 518 Å². The number of imidazole rings is 2. The number of benzene rings is 2. The van der Waals surface area contributed by atoms with E-state index in [9.17, 15) is 67.7 Å². The summed E-state index contributed by atoms with van der Waals surface area (Å²) in [5, 5.41) is 45.2. The van der Waals surface area contributed by atoms with Crippen molar-refractivity contribution >= 4 is 92.6 Å². The van der Waals surface area contributed by atoms with Crippen LogP contribution >= 0.6 is 0 Å². The van der Waals surface area contributed by atoms with Crippen LogP contribution in [0, 0.1) is 0 Å². The van der Waals surface area contributed by atoms with Crippen LogP contribution in [-0.4, -0.2) is 203 Å². The highest BCUT2D eigenvalue weighted by molar-refractivity contribution is 6.08. The van der Waals surface area contributed by atoms with Crippen LogP contribution < -0.4 is 59.3 Å². The van der Waals surface area contributed by atoms with E-state index in [1.165, 1.54) is 36.0 Å². The maximum absolute atomic E-state index is 14.7. The van der Waals surface area contributed by atoms with Crippen molar-refractivity contribution in [1.29, 1.82) is 0 Å². The van der Waals surface area contributed by atoms with E-state index in [0.29, 0.717) is 51.5 Å². The van der Waals surface area contributed by atoms with Crippen molar-refractivity contribution in [3.63, 3.8) is 0 Å². The van der Waals surface area contributed by atoms with Crippen LogP contribution in [0.4, 0.5) is 0 Å². The maximum atomic E-state index is 14.7. The van der Waals surface area contributed by atoms with Crippen LogP contribution in [0.1, 0.15) is 54.6 Å². The van der Waals surface area contributed by atoms with Gasteiger partial charge in [-0.1, -0.05) is 48.6 Å². The van der Waals surface area contributed by atoms with Crippen molar-refractivity contribution in [1.82, 2.24) is 82.7 Å². The Balaban J connectivity index is 1.02. The van der Waals surface area contributed by atoms with E-state index in [1.54, 1.807) is 67.0 Å². The third-order valence-corrected chi connectivity index (χ3v) is 15.3. The number of aliphatic hydroxyl groups excluding tert-OH is 1. The Hall–Kier alpha value is -10.6. The van der Waals surface area contributed by atoms with Gasteiger partial charge in [0, 0.05) is 103 Å². The summed E-state index contributed by atoms with van der Waals surface area (Å²) >= 11 is 0. The fourth-order valence-electron chi connectivity index (χ4n) is 10.6. The minimum atomic E-state index is -1.97. The van der Waals surface area contributed by atoms with Gasteiger partial charge in [0.05, 0.1) is 32.2 Å². The lowest BCUT2D eigenvalue weighted by Gasteiger charge is -2.30. The summed E-state index contributed by atoms with van der Waals surface area (Å²) in [6.07, 6.45) is 10.3. The quantitative estimate of drug-likeness (QED) is 0.0105. The number of carbonyl (C=O) groups excluding carboxylic acids is 11. The van der Waals surface area contributed by atoms with Crippen LogP contribution in [0.2, 0.25) is 0 Å². The van der Waals surface area contributed by atoms with E-state index >= 15 is 0 Å². The molecule has 1 saturated heterocycles. The molecule has 1 fully saturated rings. The molecule has 0 radical (unpaired) electrons. The normalized spacial score (nSPS) is 16.8. The number of carbonyl (C=O) groups is 12. The zero-order valence-electron chi connectivity index (χ0n) is 49.1. The number of Topliss-reactive ketones (excluding diaryl/α,β-unsaturated/α-hetero) is 1. The molecule has 0 aliphatic carbocycles. The highest BCUT2D eigenvalue weighted by Crippen LogP contribution is 2.22. The fourth-order valence-corrected chi connectivity index (χ4v) is 10.6. The Morgan fingerprint density at radius 1 is 0.615 bits per heavy atom. The van der Waals surface area contributed by atoms with Crippen LogP contribution in [0.5, 0.6) is 0 Å².